The number of likely N-dealkylation sites (tertiary alicyclic amines) is 1. The molecule has 2 heterocycles. The van der Waals surface area contributed by atoms with E-state index in [2.05, 4.69) is 45.5 Å². The quantitative estimate of drug-likeness (QED) is 0.799. The zero-order chi connectivity index (χ0) is 14.8. The van der Waals surface area contributed by atoms with Crippen LogP contribution in [0.1, 0.15) is 12.0 Å². The summed E-state index contributed by atoms with van der Waals surface area (Å²) in [5.74, 6) is 0. The van der Waals surface area contributed by atoms with Crippen LogP contribution in [0, 0.1) is 0 Å². The number of rotatable bonds is 4. The SMILES string of the molecule is c1ccc(CN2CC[C@@H](Nc3nc4ccccc4o3)C2)cc1. The van der Waals surface area contributed by atoms with Crippen LogP contribution < -0.4 is 5.32 Å². The van der Waals surface area contributed by atoms with Crippen molar-refractivity contribution < 1.29 is 4.42 Å². The van der Waals surface area contributed by atoms with Gasteiger partial charge in [-0.05, 0) is 24.1 Å². The van der Waals surface area contributed by atoms with Crippen molar-refractivity contribution in [2.75, 3.05) is 18.4 Å². The summed E-state index contributed by atoms with van der Waals surface area (Å²) in [7, 11) is 0. The van der Waals surface area contributed by atoms with Crippen LogP contribution in [0.15, 0.2) is 59.0 Å². The van der Waals surface area contributed by atoms with Gasteiger partial charge < -0.3 is 9.73 Å². The molecule has 112 valence electrons. The molecule has 0 amide bonds. The second kappa shape index (κ2) is 5.81. The van der Waals surface area contributed by atoms with E-state index >= 15 is 0 Å². The highest BCUT2D eigenvalue weighted by Gasteiger charge is 2.23. The van der Waals surface area contributed by atoms with Gasteiger partial charge in [0.15, 0.2) is 5.58 Å². The van der Waals surface area contributed by atoms with Gasteiger partial charge in [0.05, 0.1) is 0 Å². The van der Waals surface area contributed by atoms with Gasteiger partial charge in [0.1, 0.15) is 5.52 Å². The largest absolute Gasteiger partial charge is 0.424 e. The smallest absolute Gasteiger partial charge is 0.295 e. The molecule has 1 aliphatic heterocycles. The molecular weight excluding hydrogens is 274 g/mol. The van der Waals surface area contributed by atoms with Crippen molar-refractivity contribution in [2.45, 2.75) is 19.0 Å². The van der Waals surface area contributed by atoms with Crippen molar-refractivity contribution in [3.05, 3.63) is 60.2 Å². The fraction of sp³-hybridized carbons (Fsp3) is 0.278. The molecule has 2 aromatic carbocycles. The van der Waals surface area contributed by atoms with Gasteiger partial charge in [-0.15, -0.1) is 0 Å². The summed E-state index contributed by atoms with van der Waals surface area (Å²) in [4.78, 5) is 6.96. The molecule has 4 heteroatoms. The maximum Gasteiger partial charge on any atom is 0.295 e. The van der Waals surface area contributed by atoms with Gasteiger partial charge in [-0.1, -0.05) is 42.5 Å². The molecule has 0 saturated carbocycles. The number of nitrogens with one attached hydrogen (secondary N) is 1. The minimum absolute atomic E-state index is 0.400. The van der Waals surface area contributed by atoms with Crippen molar-refractivity contribution in [1.82, 2.24) is 9.88 Å². The van der Waals surface area contributed by atoms with Crippen LogP contribution in [0.25, 0.3) is 11.1 Å². The minimum Gasteiger partial charge on any atom is -0.424 e. The Balaban J connectivity index is 1.38. The third-order valence-corrected chi connectivity index (χ3v) is 4.14. The minimum atomic E-state index is 0.400. The topological polar surface area (TPSA) is 41.3 Å². The van der Waals surface area contributed by atoms with E-state index in [4.69, 9.17) is 4.42 Å². The zero-order valence-corrected chi connectivity index (χ0v) is 12.4. The molecule has 4 rings (SSSR count). The van der Waals surface area contributed by atoms with Gasteiger partial charge in [-0.25, -0.2) is 0 Å². The Morgan fingerprint density at radius 1 is 1.09 bits per heavy atom. The van der Waals surface area contributed by atoms with Crippen molar-refractivity contribution in [2.24, 2.45) is 0 Å². The van der Waals surface area contributed by atoms with Gasteiger partial charge in [0.25, 0.3) is 6.01 Å². The third-order valence-electron chi connectivity index (χ3n) is 4.14. The second-order valence-electron chi connectivity index (χ2n) is 5.84. The van der Waals surface area contributed by atoms with E-state index in [0.717, 1.165) is 37.2 Å². The second-order valence-corrected chi connectivity index (χ2v) is 5.84. The average Bonchev–Trinajstić information content (AvgIpc) is 3.14. The molecule has 1 fully saturated rings. The Morgan fingerprint density at radius 2 is 1.91 bits per heavy atom. The summed E-state index contributed by atoms with van der Waals surface area (Å²) in [6.07, 6.45) is 1.12. The lowest BCUT2D eigenvalue weighted by Crippen LogP contribution is -2.26. The molecule has 0 spiro atoms. The highest BCUT2D eigenvalue weighted by atomic mass is 16.4. The van der Waals surface area contributed by atoms with E-state index < -0.39 is 0 Å². The Kier molecular flexibility index (Phi) is 3.52. The first-order valence-corrected chi connectivity index (χ1v) is 7.75. The van der Waals surface area contributed by atoms with Crippen LogP contribution in [-0.2, 0) is 6.54 Å². The normalized spacial score (nSPS) is 18.8. The zero-order valence-electron chi connectivity index (χ0n) is 12.4. The van der Waals surface area contributed by atoms with Crippen LogP contribution >= 0.6 is 0 Å². The van der Waals surface area contributed by atoms with E-state index in [1.165, 1.54) is 5.56 Å². The molecule has 4 nitrogen and oxygen atoms in total. The predicted molar refractivity (Wildman–Crippen MR) is 87.8 cm³/mol. The fourth-order valence-corrected chi connectivity index (χ4v) is 3.04. The van der Waals surface area contributed by atoms with E-state index in [1.54, 1.807) is 0 Å². The molecule has 0 aliphatic carbocycles. The molecule has 22 heavy (non-hydrogen) atoms. The summed E-state index contributed by atoms with van der Waals surface area (Å²) < 4.78 is 5.74. The van der Waals surface area contributed by atoms with E-state index in [-0.39, 0.29) is 0 Å². The lowest BCUT2D eigenvalue weighted by atomic mass is 10.2. The maximum atomic E-state index is 5.74. The molecule has 0 bridgehead atoms. The molecule has 1 aromatic heterocycles. The van der Waals surface area contributed by atoms with Gasteiger partial charge in [0, 0.05) is 25.7 Å². The van der Waals surface area contributed by atoms with Crippen molar-refractivity contribution in [3.8, 4) is 0 Å². The lowest BCUT2D eigenvalue weighted by Gasteiger charge is -2.16. The molecule has 1 atom stereocenters. The molecule has 3 aromatic rings. The van der Waals surface area contributed by atoms with Crippen LogP contribution in [0.2, 0.25) is 0 Å². The number of aromatic nitrogens is 1. The number of benzene rings is 2. The number of nitrogens with zero attached hydrogens (tertiary/aromatic N) is 2. The molecular formula is C18H19N3O. The average molecular weight is 293 g/mol. The van der Waals surface area contributed by atoms with Crippen LogP contribution in [0.3, 0.4) is 0 Å². The van der Waals surface area contributed by atoms with Gasteiger partial charge in [-0.2, -0.15) is 4.98 Å². The predicted octanol–water partition coefficient (Wildman–Crippen LogP) is 3.51. The van der Waals surface area contributed by atoms with Crippen LogP contribution in [0.4, 0.5) is 6.01 Å². The summed E-state index contributed by atoms with van der Waals surface area (Å²) in [5.41, 5.74) is 3.11. The third kappa shape index (κ3) is 2.83. The summed E-state index contributed by atoms with van der Waals surface area (Å²) in [6.45, 7) is 3.13. The Hall–Kier alpha value is -2.33. The highest BCUT2D eigenvalue weighted by molar-refractivity contribution is 5.74. The van der Waals surface area contributed by atoms with Gasteiger partial charge in [-0.3, -0.25) is 4.90 Å². The van der Waals surface area contributed by atoms with E-state index in [1.807, 2.05) is 24.3 Å². The Bertz CT molecular complexity index is 720. The van der Waals surface area contributed by atoms with E-state index in [0.29, 0.717) is 12.1 Å². The molecule has 0 radical (unpaired) electrons. The van der Waals surface area contributed by atoms with Gasteiger partial charge >= 0.3 is 0 Å². The number of hydrogen-bond donors (Lipinski definition) is 1. The molecule has 1 aliphatic rings. The van der Waals surface area contributed by atoms with Crippen LogP contribution in [-0.4, -0.2) is 29.0 Å². The fourth-order valence-electron chi connectivity index (χ4n) is 3.04. The van der Waals surface area contributed by atoms with Crippen molar-refractivity contribution in [3.63, 3.8) is 0 Å². The van der Waals surface area contributed by atoms with Crippen molar-refractivity contribution >= 4 is 17.1 Å². The number of fused-ring (bicyclic) bond motifs is 1. The van der Waals surface area contributed by atoms with Gasteiger partial charge in [0.2, 0.25) is 0 Å². The summed E-state index contributed by atoms with van der Waals surface area (Å²) >= 11 is 0. The van der Waals surface area contributed by atoms with Crippen LogP contribution in [0.5, 0.6) is 0 Å². The van der Waals surface area contributed by atoms with E-state index in [9.17, 15) is 0 Å². The molecule has 1 N–H and O–H groups in total. The first-order chi connectivity index (χ1) is 10.9. The van der Waals surface area contributed by atoms with Crippen molar-refractivity contribution in [1.29, 1.82) is 0 Å². The first-order valence-electron chi connectivity index (χ1n) is 7.75. The Labute approximate surface area is 129 Å². The number of oxazole rings is 1. The standard InChI is InChI=1S/C18H19N3O/c1-2-6-14(7-3-1)12-21-11-10-15(13-21)19-18-20-16-8-4-5-9-17(16)22-18/h1-9,15H,10-13H2,(H,19,20)/t15-/m1/s1. The summed E-state index contributed by atoms with van der Waals surface area (Å²) in [5, 5.41) is 3.43. The first kappa shape index (κ1) is 13.3. The number of hydrogen-bond acceptors (Lipinski definition) is 4. The number of para-hydroxylation sites is 2. The highest BCUT2D eigenvalue weighted by Crippen LogP contribution is 2.21. The lowest BCUT2D eigenvalue weighted by molar-refractivity contribution is 0.328. The molecule has 0 unspecified atom stereocenters. The molecule has 1 saturated heterocycles. The maximum absolute atomic E-state index is 5.74. The monoisotopic (exact) mass is 293 g/mol. The number of anilines is 1. The summed E-state index contributed by atoms with van der Waals surface area (Å²) in [6, 6.07) is 19.5. The Morgan fingerprint density at radius 3 is 2.77 bits per heavy atom.